The molecule has 1 fully saturated rings. The van der Waals surface area contributed by atoms with E-state index in [2.05, 4.69) is 4.31 Å². The van der Waals surface area contributed by atoms with Gasteiger partial charge in [0.1, 0.15) is 11.0 Å². The summed E-state index contributed by atoms with van der Waals surface area (Å²) in [5.41, 5.74) is 0. The van der Waals surface area contributed by atoms with Gasteiger partial charge in [-0.15, -0.1) is 0 Å². The largest absolute Gasteiger partial charge is 0.237 e. The first kappa shape index (κ1) is 17.3. The molecule has 18 heavy (non-hydrogen) atoms. The highest BCUT2D eigenvalue weighted by Gasteiger charge is 2.17. The minimum absolute atomic E-state index is 0.925. The minimum Gasteiger partial charge on any atom is -0.237 e. The van der Waals surface area contributed by atoms with E-state index in [4.69, 9.17) is 0 Å². The molecule has 3 heteroatoms. The molecule has 1 saturated heterocycles. The van der Waals surface area contributed by atoms with Crippen LogP contribution in [0.15, 0.2) is 35.2 Å². The molecule has 1 aromatic carbocycles. The third-order valence-electron chi connectivity index (χ3n) is 2.49. The van der Waals surface area contributed by atoms with Crippen LogP contribution in [0.1, 0.15) is 47.0 Å². The van der Waals surface area contributed by atoms with Crippen LogP contribution in [-0.4, -0.2) is 21.6 Å². The zero-order chi connectivity index (χ0) is 13.8. The number of hydrogen-bond acceptors (Lipinski definition) is 1. The lowest BCUT2D eigenvalue weighted by Crippen LogP contribution is -2.31. The van der Waals surface area contributed by atoms with E-state index in [9.17, 15) is 4.21 Å². The zero-order valence-electron chi connectivity index (χ0n) is 12.2. The molecule has 0 radical (unpaired) electrons. The molecule has 1 atom stereocenters. The smallest absolute Gasteiger partial charge is 0.127 e. The van der Waals surface area contributed by atoms with Gasteiger partial charge in [-0.3, -0.25) is 0 Å². The van der Waals surface area contributed by atoms with Gasteiger partial charge < -0.3 is 0 Å². The summed E-state index contributed by atoms with van der Waals surface area (Å²) in [6.07, 6.45) is 3.64. The first-order valence-corrected chi connectivity index (χ1v) is 8.20. The van der Waals surface area contributed by atoms with Crippen molar-refractivity contribution in [2.24, 2.45) is 0 Å². The highest BCUT2D eigenvalue weighted by molar-refractivity contribution is 7.82. The Balaban J connectivity index is 0.000000659. The average molecular weight is 269 g/mol. The van der Waals surface area contributed by atoms with E-state index in [0.717, 1.165) is 18.0 Å². The lowest BCUT2D eigenvalue weighted by molar-refractivity contribution is 0.365. The fourth-order valence-electron chi connectivity index (χ4n) is 1.72. The predicted octanol–water partition coefficient (Wildman–Crippen LogP) is 4.25. The standard InChI is InChI=1S/C11H15NOS.2C2H6/c13-14(11-7-3-1-4-8-11)12-9-5-2-6-10-12;2*1-2/h1,3-4,7-8H,2,5-6,9-10H2;2*1-2H3. The van der Waals surface area contributed by atoms with Gasteiger partial charge in [0.15, 0.2) is 0 Å². The Morgan fingerprint density at radius 1 is 0.889 bits per heavy atom. The van der Waals surface area contributed by atoms with Crippen molar-refractivity contribution in [2.75, 3.05) is 13.1 Å². The van der Waals surface area contributed by atoms with Crippen molar-refractivity contribution in [3.63, 3.8) is 0 Å². The lowest BCUT2D eigenvalue weighted by atomic mass is 10.2. The number of rotatable bonds is 2. The second kappa shape index (κ2) is 11.4. The Bertz CT molecular complexity index is 308. The molecule has 1 aliphatic rings. The second-order valence-electron chi connectivity index (χ2n) is 3.55. The Morgan fingerprint density at radius 2 is 1.39 bits per heavy atom. The number of benzene rings is 1. The van der Waals surface area contributed by atoms with E-state index in [1.807, 2.05) is 58.0 Å². The molecule has 0 N–H and O–H groups in total. The average Bonchev–Trinajstić information content (AvgIpc) is 2.52. The summed E-state index contributed by atoms with van der Waals surface area (Å²) >= 11 is 0. The molecule has 104 valence electrons. The monoisotopic (exact) mass is 269 g/mol. The van der Waals surface area contributed by atoms with E-state index < -0.39 is 11.0 Å². The molecule has 1 aromatic rings. The second-order valence-corrected chi connectivity index (χ2v) is 5.04. The van der Waals surface area contributed by atoms with Crippen LogP contribution in [0.2, 0.25) is 0 Å². The molecule has 0 bridgehead atoms. The highest BCUT2D eigenvalue weighted by Crippen LogP contribution is 2.16. The molecule has 1 unspecified atom stereocenters. The van der Waals surface area contributed by atoms with Gasteiger partial charge in [-0.1, -0.05) is 52.3 Å². The van der Waals surface area contributed by atoms with Crippen LogP contribution >= 0.6 is 0 Å². The van der Waals surface area contributed by atoms with Gasteiger partial charge in [0, 0.05) is 13.1 Å². The van der Waals surface area contributed by atoms with Gasteiger partial charge in [-0.05, 0) is 25.0 Å². The SMILES string of the molecule is CC.CC.O=S(c1ccccc1)N1CCCCC1. The number of nitrogens with zero attached hydrogens (tertiary/aromatic N) is 1. The summed E-state index contributed by atoms with van der Waals surface area (Å²) in [4.78, 5) is 0.925. The quantitative estimate of drug-likeness (QED) is 0.786. The van der Waals surface area contributed by atoms with E-state index in [0.29, 0.717) is 0 Å². The van der Waals surface area contributed by atoms with Crippen LogP contribution in [-0.2, 0) is 11.0 Å². The van der Waals surface area contributed by atoms with Crippen molar-refractivity contribution >= 4 is 11.0 Å². The molecule has 0 aromatic heterocycles. The van der Waals surface area contributed by atoms with Gasteiger partial charge in [0.25, 0.3) is 0 Å². The van der Waals surface area contributed by atoms with Gasteiger partial charge in [-0.25, -0.2) is 8.51 Å². The number of hydrogen-bond donors (Lipinski definition) is 0. The first-order valence-electron chi connectivity index (χ1n) is 7.10. The van der Waals surface area contributed by atoms with E-state index >= 15 is 0 Å². The van der Waals surface area contributed by atoms with Crippen molar-refractivity contribution in [3.05, 3.63) is 30.3 Å². The number of piperidine rings is 1. The van der Waals surface area contributed by atoms with E-state index in [-0.39, 0.29) is 0 Å². The fraction of sp³-hybridized carbons (Fsp3) is 0.600. The Labute approximate surface area is 115 Å². The van der Waals surface area contributed by atoms with Gasteiger partial charge >= 0.3 is 0 Å². The van der Waals surface area contributed by atoms with Crippen molar-refractivity contribution in [3.8, 4) is 0 Å². The molecule has 0 aliphatic carbocycles. The summed E-state index contributed by atoms with van der Waals surface area (Å²) in [6.45, 7) is 9.95. The van der Waals surface area contributed by atoms with E-state index in [1.54, 1.807) is 0 Å². The van der Waals surface area contributed by atoms with Crippen LogP contribution in [0.25, 0.3) is 0 Å². The van der Waals surface area contributed by atoms with Gasteiger partial charge in [-0.2, -0.15) is 0 Å². The van der Waals surface area contributed by atoms with E-state index in [1.165, 1.54) is 19.3 Å². The molecular formula is C15H27NOS. The van der Waals surface area contributed by atoms with Crippen LogP contribution < -0.4 is 0 Å². The predicted molar refractivity (Wildman–Crippen MR) is 81.0 cm³/mol. The van der Waals surface area contributed by atoms with Crippen LogP contribution in [0.4, 0.5) is 0 Å². The molecular weight excluding hydrogens is 242 g/mol. The fourth-order valence-corrected chi connectivity index (χ4v) is 2.99. The van der Waals surface area contributed by atoms with Crippen molar-refractivity contribution in [2.45, 2.75) is 51.9 Å². The van der Waals surface area contributed by atoms with Crippen LogP contribution in [0, 0.1) is 0 Å². The minimum atomic E-state index is -0.937. The zero-order valence-corrected chi connectivity index (χ0v) is 13.0. The van der Waals surface area contributed by atoms with Gasteiger partial charge in [0.2, 0.25) is 0 Å². The highest BCUT2D eigenvalue weighted by atomic mass is 32.2. The first-order chi connectivity index (χ1) is 8.88. The normalized spacial score (nSPS) is 16.7. The molecule has 1 heterocycles. The third kappa shape index (κ3) is 5.78. The topological polar surface area (TPSA) is 20.3 Å². The van der Waals surface area contributed by atoms with Crippen molar-refractivity contribution in [1.82, 2.24) is 4.31 Å². The molecule has 2 rings (SSSR count). The van der Waals surface area contributed by atoms with Gasteiger partial charge in [0.05, 0.1) is 4.90 Å². The van der Waals surface area contributed by atoms with Crippen LogP contribution in [0.3, 0.4) is 0 Å². The Kier molecular flexibility index (Phi) is 11.0. The van der Waals surface area contributed by atoms with Crippen LogP contribution in [0.5, 0.6) is 0 Å². The lowest BCUT2D eigenvalue weighted by Gasteiger charge is -2.24. The molecule has 0 saturated carbocycles. The molecule has 1 aliphatic heterocycles. The van der Waals surface area contributed by atoms with Crippen molar-refractivity contribution in [1.29, 1.82) is 0 Å². The third-order valence-corrected chi connectivity index (χ3v) is 4.00. The summed E-state index contributed by atoms with van der Waals surface area (Å²) in [7, 11) is -0.937. The summed E-state index contributed by atoms with van der Waals surface area (Å²) < 4.78 is 14.1. The summed E-state index contributed by atoms with van der Waals surface area (Å²) in [5.74, 6) is 0. The summed E-state index contributed by atoms with van der Waals surface area (Å²) in [5, 5.41) is 0. The maximum Gasteiger partial charge on any atom is 0.127 e. The maximum atomic E-state index is 12.0. The summed E-state index contributed by atoms with van der Waals surface area (Å²) in [6, 6.07) is 9.71. The Hall–Kier alpha value is -0.670. The molecule has 0 amide bonds. The molecule has 2 nitrogen and oxygen atoms in total. The molecule has 0 spiro atoms. The maximum absolute atomic E-state index is 12.0. The van der Waals surface area contributed by atoms with Crippen molar-refractivity contribution < 1.29 is 4.21 Å². The Morgan fingerprint density at radius 3 is 1.89 bits per heavy atom.